The van der Waals surface area contributed by atoms with Crippen LogP contribution in [0.1, 0.15) is 15.9 Å². The number of ether oxygens (including phenoxy) is 1. The van der Waals surface area contributed by atoms with Gasteiger partial charge in [0.1, 0.15) is 11.6 Å². The summed E-state index contributed by atoms with van der Waals surface area (Å²) in [5, 5.41) is 2.72. The molecule has 0 saturated carbocycles. The molecule has 1 amide bonds. The number of carbonyl (C=O) groups excluding carboxylic acids is 1. The van der Waals surface area contributed by atoms with Gasteiger partial charge in [-0.2, -0.15) is 0 Å². The van der Waals surface area contributed by atoms with Crippen LogP contribution in [0.4, 0.5) is 15.9 Å². The molecule has 0 bridgehead atoms. The number of hydrogen-bond donors (Lipinski definition) is 1. The van der Waals surface area contributed by atoms with Crippen molar-refractivity contribution in [3.8, 4) is 0 Å². The van der Waals surface area contributed by atoms with Crippen LogP contribution in [0.3, 0.4) is 0 Å². The highest BCUT2D eigenvalue weighted by Crippen LogP contribution is 2.17. The number of benzene rings is 1. The van der Waals surface area contributed by atoms with E-state index in [0.717, 1.165) is 18.9 Å². The Kier molecular flexibility index (Phi) is 4.52. The smallest absolute Gasteiger partial charge is 0.255 e. The number of morpholine rings is 1. The number of rotatable bonds is 3. The number of anilines is 2. The molecule has 0 spiro atoms. The lowest BCUT2D eigenvalue weighted by atomic mass is 10.1. The van der Waals surface area contributed by atoms with E-state index in [4.69, 9.17) is 4.74 Å². The molecule has 6 heteroatoms. The molecule has 0 aliphatic carbocycles. The maximum Gasteiger partial charge on any atom is 0.255 e. The Morgan fingerprint density at radius 3 is 2.70 bits per heavy atom. The number of pyridine rings is 1. The molecule has 2 heterocycles. The van der Waals surface area contributed by atoms with E-state index in [-0.39, 0.29) is 11.5 Å². The zero-order valence-corrected chi connectivity index (χ0v) is 12.9. The first-order valence-electron chi connectivity index (χ1n) is 7.50. The lowest BCUT2D eigenvalue weighted by Crippen LogP contribution is -2.36. The van der Waals surface area contributed by atoms with E-state index < -0.39 is 5.82 Å². The van der Waals surface area contributed by atoms with Crippen LogP contribution >= 0.6 is 0 Å². The van der Waals surface area contributed by atoms with Gasteiger partial charge < -0.3 is 15.0 Å². The number of carbonyl (C=O) groups is 1. The van der Waals surface area contributed by atoms with Crippen molar-refractivity contribution >= 4 is 17.4 Å². The molecule has 1 aromatic heterocycles. The Bertz CT molecular complexity index is 697. The van der Waals surface area contributed by atoms with E-state index in [2.05, 4.69) is 15.2 Å². The fourth-order valence-corrected chi connectivity index (χ4v) is 2.38. The van der Waals surface area contributed by atoms with Crippen LogP contribution in [0.2, 0.25) is 0 Å². The number of aromatic nitrogens is 1. The van der Waals surface area contributed by atoms with Gasteiger partial charge in [-0.15, -0.1) is 0 Å². The van der Waals surface area contributed by atoms with E-state index in [9.17, 15) is 9.18 Å². The van der Waals surface area contributed by atoms with Gasteiger partial charge in [-0.3, -0.25) is 4.79 Å². The monoisotopic (exact) mass is 315 g/mol. The zero-order chi connectivity index (χ0) is 16.2. The fraction of sp³-hybridized carbons (Fsp3) is 0.294. The molecule has 5 nitrogen and oxygen atoms in total. The van der Waals surface area contributed by atoms with Gasteiger partial charge in [0, 0.05) is 18.7 Å². The Labute approximate surface area is 134 Å². The van der Waals surface area contributed by atoms with Crippen LogP contribution in [-0.4, -0.2) is 37.2 Å². The van der Waals surface area contributed by atoms with Crippen LogP contribution in [-0.2, 0) is 4.74 Å². The van der Waals surface area contributed by atoms with Crippen LogP contribution in [0.15, 0.2) is 36.5 Å². The van der Waals surface area contributed by atoms with Gasteiger partial charge in [-0.1, -0.05) is 6.07 Å². The van der Waals surface area contributed by atoms with Crippen molar-refractivity contribution in [2.75, 3.05) is 36.5 Å². The number of hydrogen-bond acceptors (Lipinski definition) is 4. The second-order valence-electron chi connectivity index (χ2n) is 5.42. The topological polar surface area (TPSA) is 54.5 Å². The number of amides is 1. The minimum Gasteiger partial charge on any atom is -0.378 e. The summed E-state index contributed by atoms with van der Waals surface area (Å²) in [5.74, 6) is 0.107. The van der Waals surface area contributed by atoms with Gasteiger partial charge in [-0.25, -0.2) is 9.37 Å². The van der Waals surface area contributed by atoms with E-state index in [1.54, 1.807) is 31.3 Å². The van der Waals surface area contributed by atoms with Crippen molar-refractivity contribution in [3.05, 3.63) is 53.5 Å². The molecular weight excluding hydrogens is 297 g/mol. The lowest BCUT2D eigenvalue weighted by Gasteiger charge is -2.27. The molecule has 1 N–H and O–H groups in total. The predicted octanol–water partition coefficient (Wildman–Crippen LogP) is 2.62. The third kappa shape index (κ3) is 3.65. The SMILES string of the molecule is Cc1ccc(C(=O)Nc2ccc(N3CCOCC3)nc2)cc1F. The highest BCUT2D eigenvalue weighted by atomic mass is 19.1. The first-order valence-corrected chi connectivity index (χ1v) is 7.50. The van der Waals surface area contributed by atoms with E-state index >= 15 is 0 Å². The molecule has 120 valence electrons. The van der Waals surface area contributed by atoms with Gasteiger partial charge in [0.25, 0.3) is 5.91 Å². The molecule has 1 aromatic carbocycles. The molecule has 0 atom stereocenters. The molecule has 1 aliphatic rings. The van der Waals surface area contributed by atoms with Crippen molar-refractivity contribution in [1.29, 1.82) is 0 Å². The fourth-order valence-electron chi connectivity index (χ4n) is 2.38. The number of aryl methyl sites for hydroxylation is 1. The van der Waals surface area contributed by atoms with Gasteiger partial charge >= 0.3 is 0 Å². The summed E-state index contributed by atoms with van der Waals surface area (Å²) >= 11 is 0. The Morgan fingerprint density at radius 2 is 2.04 bits per heavy atom. The lowest BCUT2D eigenvalue weighted by molar-refractivity contribution is 0.102. The minimum atomic E-state index is -0.390. The molecule has 23 heavy (non-hydrogen) atoms. The summed E-state index contributed by atoms with van der Waals surface area (Å²) in [7, 11) is 0. The second-order valence-corrected chi connectivity index (χ2v) is 5.42. The standard InChI is InChI=1S/C17H18FN3O2/c1-12-2-3-13(10-15(12)18)17(22)20-14-4-5-16(19-11-14)21-6-8-23-9-7-21/h2-5,10-11H,6-9H2,1H3,(H,20,22). The first-order chi connectivity index (χ1) is 11.1. The van der Waals surface area contributed by atoms with Gasteiger partial charge in [-0.05, 0) is 36.8 Å². The third-order valence-corrected chi connectivity index (χ3v) is 3.77. The summed E-state index contributed by atoms with van der Waals surface area (Å²) in [6, 6.07) is 8.07. The van der Waals surface area contributed by atoms with Crippen LogP contribution in [0.5, 0.6) is 0 Å². The first kappa shape index (κ1) is 15.4. The van der Waals surface area contributed by atoms with Crippen LogP contribution in [0.25, 0.3) is 0 Å². The second kappa shape index (κ2) is 6.75. The predicted molar refractivity (Wildman–Crippen MR) is 86.4 cm³/mol. The summed E-state index contributed by atoms with van der Waals surface area (Å²) in [6.45, 7) is 4.66. The van der Waals surface area contributed by atoms with Crippen LogP contribution < -0.4 is 10.2 Å². The van der Waals surface area contributed by atoms with Crippen molar-refractivity contribution < 1.29 is 13.9 Å². The molecule has 1 fully saturated rings. The third-order valence-electron chi connectivity index (χ3n) is 3.77. The molecule has 3 rings (SSSR count). The number of nitrogens with one attached hydrogen (secondary N) is 1. The van der Waals surface area contributed by atoms with Crippen molar-refractivity contribution in [2.24, 2.45) is 0 Å². The number of halogens is 1. The molecule has 1 saturated heterocycles. The van der Waals surface area contributed by atoms with Crippen molar-refractivity contribution in [1.82, 2.24) is 4.98 Å². The Balaban J connectivity index is 1.67. The molecule has 2 aromatic rings. The van der Waals surface area contributed by atoms with Crippen molar-refractivity contribution in [2.45, 2.75) is 6.92 Å². The molecule has 0 radical (unpaired) electrons. The largest absolute Gasteiger partial charge is 0.378 e. The van der Waals surface area contributed by atoms with Gasteiger partial charge in [0.05, 0.1) is 25.1 Å². The normalized spacial score (nSPS) is 14.6. The maximum atomic E-state index is 13.5. The van der Waals surface area contributed by atoms with E-state index in [0.29, 0.717) is 24.5 Å². The van der Waals surface area contributed by atoms with Crippen LogP contribution in [0, 0.1) is 12.7 Å². The highest BCUT2D eigenvalue weighted by Gasteiger charge is 2.13. The van der Waals surface area contributed by atoms with Gasteiger partial charge in [0.2, 0.25) is 0 Å². The summed E-state index contributed by atoms with van der Waals surface area (Å²) in [4.78, 5) is 18.6. The quantitative estimate of drug-likeness (QED) is 0.946. The average Bonchev–Trinajstić information content (AvgIpc) is 2.59. The minimum absolute atomic E-state index is 0.283. The Hall–Kier alpha value is -2.47. The molecule has 1 aliphatic heterocycles. The van der Waals surface area contributed by atoms with E-state index in [1.165, 1.54) is 6.07 Å². The summed E-state index contributed by atoms with van der Waals surface area (Å²) in [5.41, 5.74) is 1.37. The zero-order valence-electron chi connectivity index (χ0n) is 12.9. The van der Waals surface area contributed by atoms with Crippen molar-refractivity contribution in [3.63, 3.8) is 0 Å². The molecule has 0 unspecified atom stereocenters. The van der Waals surface area contributed by atoms with E-state index in [1.807, 2.05) is 6.07 Å². The average molecular weight is 315 g/mol. The summed E-state index contributed by atoms with van der Waals surface area (Å²) < 4.78 is 18.8. The maximum absolute atomic E-state index is 13.5. The Morgan fingerprint density at radius 1 is 1.26 bits per heavy atom. The summed E-state index contributed by atoms with van der Waals surface area (Å²) in [6.07, 6.45) is 1.60. The number of nitrogens with zero attached hydrogens (tertiary/aromatic N) is 2. The van der Waals surface area contributed by atoms with Gasteiger partial charge in [0.15, 0.2) is 0 Å². The molecular formula is C17H18FN3O2. The highest BCUT2D eigenvalue weighted by molar-refractivity contribution is 6.04.